The number of nitrogens with one attached hydrogen (secondary N) is 1. The first-order chi connectivity index (χ1) is 13.2. The molecule has 8 heteroatoms. The summed E-state index contributed by atoms with van der Waals surface area (Å²) in [5.41, 5.74) is 1.14. The Morgan fingerprint density at radius 2 is 1.93 bits per heavy atom. The van der Waals surface area contributed by atoms with Gasteiger partial charge >= 0.3 is 0 Å². The molecule has 0 aliphatic rings. The first-order valence-electron chi connectivity index (χ1n) is 8.88. The minimum Gasteiger partial charge on any atom is -0.496 e. The lowest BCUT2D eigenvalue weighted by Crippen LogP contribution is -2.48. The van der Waals surface area contributed by atoms with E-state index < -0.39 is 27.8 Å². The van der Waals surface area contributed by atoms with E-state index in [4.69, 9.17) is 4.74 Å². The van der Waals surface area contributed by atoms with E-state index >= 15 is 0 Å². The minimum atomic E-state index is -3.77. The molecule has 0 radical (unpaired) electrons. The minimum absolute atomic E-state index is 0.110. The number of carbonyl (C=O) groups is 1. The summed E-state index contributed by atoms with van der Waals surface area (Å²) in [4.78, 5) is 12.5. The lowest BCUT2D eigenvalue weighted by molar-refractivity contribution is -0.121. The quantitative estimate of drug-likeness (QED) is 0.648. The maximum Gasteiger partial charge on any atom is 0.243 e. The van der Waals surface area contributed by atoms with E-state index in [0.29, 0.717) is 19.4 Å². The molecule has 2 aromatic rings. The van der Waals surface area contributed by atoms with Crippen LogP contribution in [0.4, 0.5) is 10.1 Å². The Bertz CT molecular complexity index is 918. The molecule has 0 bridgehead atoms. The number of amides is 1. The third-order valence-corrected chi connectivity index (χ3v) is 5.51. The highest BCUT2D eigenvalue weighted by Crippen LogP contribution is 2.22. The standard InChI is InChI=1S/C20H25FN2O4S/c1-15(23(28(3,25)26)18-11-6-10-17(21)14-18)20(24)22-13-7-9-16-8-4-5-12-19(16)27-2/h4-6,8,10-12,14-15H,7,9,13H2,1-3H3,(H,22,24)/t15-/m1/s1. The molecular formula is C20H25FN2O4S. The number of anilines is 1. The number of nitrogens with zero attached hydrogens (tertiary/aromatic N) is 1. The lowest BCUT2D eigenvalue weighted by Gasteiger charge is -2.28. The highest BCUT2D eigenvalue weighted by molar-refractivity contribution is 7.92. The molecule has 152 valence electrons. The lowest BCUT2D eigenvalue weighted by atomic mass is 10.1. The van der Waals surface area contributed by atoms with Crippen LogP contribution in [0, 0.1) is 5.82 Å². The van der Waals surface area contributed by atoms with Gasteiger partial charge in [-0.1, -0.05) is 24.3 Å². The highest BCUT2D eigenvalue weighted by Gasteiger charge is 2.29. The summed E-state index contributed by atoms with van der Waals surface area (Å²) in [7, 11) is -2.17. The number of ether oxygens (including phenoxy) is 1. The van der Waals surface area contributed by atoms with Crippen LogP contribution in [0.3, 0.4) is 0 Å². The van der Waals surface area contributed by atoms with Crippen molar-refractivity contribution >= 4 is 21.6 Å². The molecule has 1 amide bonds. The van der Waals surface area contributed by atoms with Crippen molar-refractivity contribution in [3.8, 4) is 5.75 Å². The van der Waals surface area contributed by atoms with Gasteiger partial charge in [0.1, 0.15) is 17.6 Å². The van der Waals surface area contributed by atoms with Gasteiger partial charge in [-0.15, -0.1) is 0 Å². The van der Waals surface area contributed by atoms with Crippen LogP contribution in [0.25, 0.3) is 0 Å². The van der Waals surface area contributed by atoms with Crippen molar-refractivity contribution in [1.82, 2.24) is 5.32 Å². The maximum absolute atomic E-state index is 13.5. The predicted octanol–water partition coefficient (Wildman–Crippen LogP) is 2.74. The van der Waals surface area contributed by atoms with E-state index in [0.717, 1.165) is 27.9 Å². The number of hydrogen-bond donors (Lipinski definition) is 1. The van der Waals surface area contributed by atoms with E-state index in [2.05, 4.69) is 5.32 Å². The molecule has 1 N–H and O–H groups in total. The van der Waals surface area contributed by atoms with Crippen molar-refractivity contribution in [3.63, 3.8) is 0 Å². The van der Waals surface area contributed by atoms with Crippen molar-refractivity contribution in [2.75, 3.05) is 24.2 Å². The number of rotatable bonds is 9. The van der Waals surface area contributed by atoms with E-state index in [9.17, 15) is 17.6 Å². The first kappa shape index (κ1) is 21.7. The first-order valence-corrected chi connectivity index (χ1v) is 10.7. The van der Waals surface area contributed by atoms with E-state index in [1.54, 1.807) is 7.11 Å². The Balaban J connectivity index is 1.99. The molecule has 2 aromatic carbocycles. The molecule has 0 saturated carbocycles. The van der Waals surface area contributed by atoms with Crippen molar-refractivity contribution < 1.29 is 22.3 Å². The van der Waals surface area contributed by atoms with Crippen molar-refractivity contribution in [2.45, 2.75) is 25.8 Å². The second-order valence-electron chi connectivity index (χ2n) is 6.42. The molecule has 0 heterocycles. The Kier molecular flexibility index (Phi) is 7.39. The second-order valence-corrected chi connectivity index (χ2v) is 8.28. The largest absolute Gasteiger partial charge is 0.496 e. The van der Waals surface area contributed by atoms with Gasteiger partial charge in [0.15, 0.2) is 0 Å². The number of methoxy groups -OCH3 is 1. The van der Waals surface area contributed by atoms with Crippen LogP contribution in [-0.2, 0) is 21.2 Å². The molecule has 0 saturated heterocycles. The number of sulfonamides is 1. The molecule has 28 heavy (non-hydrogen) atoms. The average molecular weight is 408 g/mol. The molecule has 2 rings (SSSR count). The molecule has 0 fully saturated rings. The summed E-state index contributed by atoms with van der Waals surface area (Å²) in [6.45, 7) is 1.85. The Labute approximate surface area is 165 Å². The zero-order valence-electron chi connectivity index (χ0n) is 16.2. The van der Waals surface area contributed by atoms with E-state index in [-0.39, 0.29) is 5.69 Å². The summed E-state index contributed by atoms with van der Waals surface area (Å²) >= 11 is 0. The maximum atomic E-state index is 13.5. The molecule has 0 aliphatic carbocycles. The Morgan fingerprint density at radius 3 is 2.57 bits per heavy atom. The predicted molar refractivity (Wildman–Crippen MR) is 108 cm³/mol. The fraction of sp³-hybridized carbons (Fsp3) is 0.350. The van der Waals surface area contributed by atoms with Gasteiger partial charge in [0.05, 0.1) is 19.1 Å². The topological polar surface area (TPSA) is 75.7 Å². The Morgan fingerprint density at radius 1 is 1.21 bits per heavy atom. The van der Waals surface area contributed by atoms with Gasteiger partial charge in [-0.25, -0.2) is 12.8 Å². The van der Waals surface area contributed by atoms with Crippen molar-refractivity contribution in [1.29, 1.82) is 0 Å². The van der Waals surface area contributed by atoms with Crippen molar-refractivity contribution in [2.24, 2.45) is 0 Å². The molecule has 6 nitrogen and oxygen atoms in total. The number of aryl methyl sites for hydroxylation is 1. The average Bonchev–Trinajstić information content (AvgIpc) is 2.64. The molecule has 0 unspecified atom stereocenters. The summed E-state index contributed by atoms with van der Waals surface area (Å²) in [6.07, 6.45) is 2.36. The molecule has 0 spiro atoms. The van der Waals surface area contributed by atoms with E-state index in [1.165, 1.54) is 25.1 Å². The fourth-order valence-electron chi connectivity index (χ4n) is 2.97. The highest BCUT2D eigenvalue weighted by atomic mass is 32.2. The van der Waals surface area contributed by atoms with Crippen LogP contribution in [-0.4, -0.2) is 40.3 Å². The molecule has 1 atom stereocenters. The van der Waals surface area contributed by atoms with Gasteiger partial charge in [0.2, 0.25) is 15.9 Å². The summed E-state index contributed by atoms with van der Waals surface area (Å²) in [5.74, 6) is -0.234. The number of para-hydroxylation sites is 1. The second kappa shape index (κ2) is 9.54. The molecular weight excluding hydrogens is 383 g/mol. The molecule has 0 aromatic heterocycles. The Hall–Kier alpha value is -2.61. The summed E-state index contributed by atoms with van der Waals surface area (Å²) in [5, 5.41) is 2.75. The smallest absolute Gasteiger partial charge is 0.243 e. The number of halogens is 1. The van der Waals surface area contributed by atoms with Gasteiger partial charge in [0.25, 0.3) is 0 Å². The third kappa shape index (κ3) is 5.69. The fourth-order valence-corrected chi connectivity index (χ4v) is 4.14. The number of carbonyl (C=O) groups excluding carboxylic acids is 1. The van der Waals surface area contributed by atoms with Gasteiger partial charge in [-0.05, 0) is 49.6 Å². The van der Waals surface area contributed by atoms with Gasteiger partial charge in [0, 0.05) is 6.54 Å². The van der Waals surface area contributed by atoms with Crippen molar-refractivity contribution in [3.05, 3.63) is 59.9 Å². The van der Waals surface area contributed by atoms with Crippen LogP contribution in [0.15, 0.2) is 48.5 Å². The van der Waals surface area contributed by atoms with Gasteiger partial charge in [-0.2, -0.15) is 0 Å². The zero-order chi connectivity index (χ0) is 20.7. The monoisotopic (exact) mass is 408 g/mol. The summed E-state index contributed by atoms with van der Waals surface area (Å²) in [6, 6.07) is 11.8. The van der Waals surface area contributed by atoms with Crippen LogP contribution in [0.5, 0.6) is 5.75 Å². The molecule has 0 aliphatic heterocycles. The number of benzene rings is 2. The van der Waals surface area contributed by atoms with Crippen LogP contribution >= 0.6 is 0 Å². The number of hydrogen-bond acceptors (Lipinski definition) is 4. The van der Waals surface area contributed by atoms with Crippen LogP contribution in [0.1, 0.15) is 18.9 Å². The normalized spacial score (nSPS) is 12.3. The zero-order valence-corrected chi connectivity index (χ0v) is 17.0. The van der Waals surface area contributed by atoms with Crippen LogP contribution < -0.4 is 14.4 Å². The summed E-state index contributed by atoms with van der Waals surface area (Å²) < 4.78 is 44.1. The van der Waals surface area contributed by atoms with Crippen LogP contribution in [0.2, 0.25) is 0 Å². The van der Waals surface area contributed by atoms with Gasteiger partial charge < -0.3 is 10.1 Å². The SMILES string of the molecule is COc1ccccc1CCCNC(=O)[C@@H](C)N(c1cccc(F)c1)S(C)(=O)=O. The van der Waals surface area contributed by atoms with Gasteiger partial charge in [-0.3, -0.25) is 9.10 Å². The van der Waals surface area contributed by atoms with E-state index in [1.807, 2.05) is 24.3 Å². The third-order valence-electron chi connectivity index (χ3n) is 4.27.